The molecule has 116 valence electrons. The highest BCUT2D eigenvalue weighted by Crippen LogP contribution is 2.13. The van der Waals surface area contributed by atoms with Crippen molar-refractivity contribution in [2.75, 3.05) is 25.4 Å². The monoisotopic (exact) mass is 338 g/mol. The number of thiophene rings is 1. The van der Waals surface area contributed by atoms with Gasteiger partial charge in [0.15, 0.2) is 0 Å². The summed E-state index contributed by atoms with van der Waals surface area (Å²) in [5.74, 6) is 0.810. The maximum absolute atomic E-state index is 11.8. The third-order valence-electron chi connectivity index (χ3n) is 3.47. The smallest absolute Gasteiger partial charge is 0.211 e. The van der Waals surface area contributed by atoms with E-state index in [9.17, 15) is 8.42 Å². The minimum absolute atomic E-state index is 0. The largest absolute Gasteiger partial charge is 0.316 e. The number of nitrogens with one attached hydrogen (secondary N) is 2. The number of hydrogen-bond donors (Lipinski definition) is 2. The highest BCUT2D eigenvalue weighted by Gasteiger charge is 2.15. The van der Waals surface area contributed by atoms with Crippen molar-refractivity contribution in [2.24, 2.45) is 5.92 Å². The molecule has 4 nitrogen and oxygen atoms in total. The molecule has 2 N–H and O–H groups in total. The van der Waals surface area contributed by atoms with Gasteiger partial charge in [-0.15, -0.1) is 23.7 Å². The zero-order chi connectivity index (χ0) is 13.6. The van der Waals surface area contributed by atoms with Crippen LogP contribution in [0.15, 0.2) is 17.5 Å². The zero-order valence-corrected chi connectivity index (χ0v) is 14.0. The van der Waals surface area contributed by atoms with Crippen LogP contribution in [0.3, 0.4) is 0 Å². The topological polar surface area (TPSA) is 58.2 Å². The Kier molecular flexibility index (Phi) is 8.06. The van der Waals surface area contributed by atoms with Gasteiger partial charge in [-0.05, 0) is 56.1 Å². The molecule has 0 spiro atoms. The van der Waals surface area contributed by atoms with Crippen molar-refractivity contribution in [3.63, 3.8) is 0 Å². The molecule has 2 rings (SSSR count). The molecule has 0 radical (unpaired) electrons. The van der Waals surface area contributed by atoms with Crippen molar-refractivity contribution < 1.29 is 8.42 Å². The molecule has 0 bridgehead atoms. The quantitative estimate of drug-likeness (QED) is 0.799. The first-order chi connectivity index (χ1) is 9.16. The molecule has 1 atom stereocenters. The summed E-state index contributed by atoms with van der Waals surface area (Å²) in [6.45, 7) is 2.69. The lowest BCUT2D eigenvalue weighted by atomic mass is 9.96. The van der Waals surface area contributed by atoms with E-state index in [0.29, 0.717) is 18.9 Å². The Balaban J connectivity index is 0.00000200. The first-order valence-corrected chi connectivity index (χ1v) is 9.39. The van der Waals surface area contributed by atoms with E-state index in [1.807, 2.05) is 17.5 Å². The highest BCUT2D eigenvalue weighted by atomic mass is 35.5. The first kappa shape index (κ1) is 17.9. The van der Waals surface area contributed by atoms with Crippen molar-refractivity contribution in [3.8, 4) is 0 Å². The van der Waals surface area contributed by atoms with Crippen LogP contribution in [-0.2, 0) is 16.4 Å². The summed E-state index contributed by atoms with van der Waals surface area (Å²) in [7, 11) is -3.12. The van der Waals surface area contributed by atoms with Crippen molar-refractivity contribution in [3.05, 3.63) is 22.4 Å². The molecule has 0 aliphatic carbocycles. The standard InChI is InChI=1S/C13H22N2O2S2.ClH/c16-19(17,10-6-13-4-2-9-18-13)15-8-5-12-3-1-7-14-11-12;/h2,4,9,12,14-15H,1,3,5-8,10-11H2;1H. The van der Waals surface area contributed by atoms with E-state index in [-0.39, 0.29) is 18.2 Å². The number of rotatable bonds is 7. The maximum Gasteiger partial charge on any atom is 0.211 e. The molecule has 1 aliphatic heterocycles. The predicted octanol–water partition coefficient (Wildman–Crippen LogP) is 2.02. The van der Waals surface area contributed by atoms with Crippen LogP contribution in [0.2, 0.25) is 0 Å². The Morgan fingerprint density at radius 2 is 2.30 bits per heavy atom. The van der Waals surface area contributed by atoms with Crippen molar-refractivity contribution in [2.45, 2.75) is 25.7 Å². The number of hydrogen-bond acceptors (Lipinski definition) is 4. The van der Waals surface area contributed by atoms with Gasteiger partial charge in [0, 0.05) is 11.4 Å². The number of sulfonamides is 1. The van der Waals surface area contributed by atoms with E-state index in [4.69, 9.17) is 0 Å². The third-order valence-corrected chi connectivity index (χ3v) is 5.79. The Labute approximate surface area is 131 Å². The molecule has 0 aromatic carbocycles. The Morgan fingerprint density at radius 1 is 1.45 bits per heavy atom. The van der Waals surface area contributed by atoms with E-state index in [2.05, 4.69) is 10.0 Å². The summed E-state index contributed by atoms with van der Waals surface area (Å²) in [6.07, 6.45) is 3.96. The second-order valence-corrected chi connectivity index (χ2v) is 8.00. The lowest BCUT2D eigenvalue weighted by Gasteiger charge is -2.22. The Bertz CT molecular complexity index is 457. The molecule has 1 aliphatic rings. The van der Waals surface area contributed by atoms with Crippen molar-refractivity contribution >= 4 is 33.8 Å². The molecule has 0 amide bonds. The Morgan fingerprint density at radius 3 is 2.95 bits per heavy atom. The van der Waals surface area contributed by atoms with Crippen LogP contribution < -0.4 is 10.0 Å². The van der Waals surface area contributed by atoms with Crippen LogP contribution in [0.25, 0.3) is 0 Å². The maximum atomic E-state index is 11.8. The van der Waals surface area contributed by atoms with Gasteiger partial charge < -0.3 is 5.32 Å². The van der Waals surface area contributed by atoms with Crippen molar-refractivity contribution in [1.82, 2.24) is 10.0 Å². The van der Waals surface area contributed by atoms with E-state index in [0.717, 1.165) is 24.4 Å². The summed E-state index contributed by atoms with van der Waals surface area (Å²) in [5, 5.41) is 5.33. The Hall–Kier alpha value is -0.140. The lowest BCUT2D eigenvalue weighted by Crippen LogP contribution is -2.34. The second-order valence-electron chi connectivity index (χ2n) is 5.04. The summed E-state index contributed by atoms with van der Waals surface area (Å²) in [6, 6.07) is 3.93. The van der Waals surface area contributed by atoms with E-state index >= 15 is 0 Å². The fourth-order valence-electron chi connectivity index (χ4n) is 2.35. The van der Waals surface area contributed by atoms with Crippen LogP contribution in [0.1, 0.15) is 24.1 Å². The fraction of sp³-hybridized carbons (Fsp3) is 0.692. The number of piperidine rings is 1. The van der Waals surface area contributed by atoms with Crippen LogP contribution in [0.4, 0.5) is 0 Å². The van der Waals surface area contributed by atoms with Crippen LogP contribution in [0.5, 0.6) is 0 Å². The molecule has 1 aromatic heterocycles. The van der Waals surface area contributed by atoms with Crippen molar-refractivity contribution in [1.29, 1.82) is 0 Å². The second kappa shape index (κ2) is 9.00. The molecular formula is C13H23ClN2O2S2. The van der Waals surface area contributed by atoms with Gasteiger partial charge in [-0.2, -0.15) is 0 Å². The van der Waals surface area contributed by atoms with Gasteiger partial charge >= 0.3 is 0 Å². The van der Waals surface area contributed by atoms with Gasteiger partial charge in [-0.3, -0.25) is 0 Å². The summed E-state index contributed by atoms with van der Waals surface area (Å²) < 4.78 is 26.4. The fourth-order valence-corrected chi connectivity index (χ4v) is 4.25. The molecule has 2 heterocycles. The normalized spacial score (nSPS) is 19.5. The van der Waals surface area contributed by atoms with Gasteiger partial charge in [0.2, 0.25) is 10.0 Å². The molecular weight excluding hydrogens is 316 g/mol. The van der Waals surface area contributed by atoms with E-state index in [1.54, 1.807) is 11.3 Å². The molecule has 0 saturated carbocycles. The number of aryl methyl sites for hydroxylation is 1. The zero-order valence-electron chi connectivity index (χ0n) is 11.5. The average molecular weight is 339 g/mol. The van der Waals surface area contributed by atoms with Crippen LogP contribution in [-0.4, -0.2) is 33.8 Å². The number of halogens is 1. The molecule has 1 saturated heterocycles. The predicted molar refractivity (Wildman–Crippen MR) is 87.3 cm³/mol. The minimum Gasteiger partial charge on any atom is -0.316 e. The van der Waals surface area contributed by atoms with Gasteiger partial charge in [0.1, 0.15) is 0 Å². The average Bonchev–Trinajstić information content (AvgIpc) is 2.91. The minimum atomic E-state index is -3.12. The highest BCUT2D eigenvalue weighted by molar-refractivity contribution is 7.89. The third kappa shape index (κ3) is 6.54. The molecule has 1 fully saturated rings. The van der Waals surface area contributed by atoms with Gasteiger partial charge in [-0.25, -0.2) is 13.1 Å². The molecule has 1 aromatic rings. The van der Waals surface area contributed by atoms with E-state index in [1.165, 1.54) is 12.8 Å². The first-order valence-electron chi connectivity index (χ1n) is 6.86. The lowest BCUT2D eigenvalue weighted by molar-refractivity contribution is 0.358. The SMILES string of the molecule is Cl.O=S(=O)(CCc1cccs1)NCCC1CCCNC1. The molecule has 7 heteroatoms. The summed E-state index contributed by atoms with van der Waals surface area (Å²) in [5.41, 5.74) is 0. The van der Waals surface area contributed by atoms with Crippen LogP contribution in [0, 0.1) is 5.92 Å². The van der Waals surface area contributed by atoms with Crippen LogP contribution >= 0.6 is 23.7 Å². The van der Waals surface area contributed by atoms with Gasteiger partial charge in [-0.1, -0.05) is 6.07 Å². The van der Waals surface area contributed by atoms with Gasteiger partial charge in [0.25, 0.3) is 0 Å². The summed E-state index contributed by atoms with van der Waals surface area (Å²) >= 11 is 1.61. The van der Waals surface area contributed by atoms with E-state index < -0.39 is 10.0 Å². The van der Waals surface area contributed by atoms with Gasteiger partial charge in [0.05, 0.1) is 5.75 Å². The molecule has 20 heavy (non-hydrogen) atoms. The molecule has 1 unspecified atom stereocenters. The summed E-state index contributed by atoms with van der Waals surface area (Å²) in [4.78, 5) is 1.13.